The van der Waals surface area contributed by atoms with Crippen LogP contribution in [0.2, 0.25) is 0 Å². The molecule has 9 heteroatoms. The van der Waals surface area contributed by atoms with Crippen molar-refractivity contribution in [1.82, 2.24) is 5.43 Å². The molecule has 0 saturated heterocycles. The molecule has 0 aliphatic carbocycles. The van der Waals surface area contributed by atoms with Crippen molar-refractivity contribution in [2.45, 2.75) is 20.3 Å². The Morgan fingerprint density at radius 3 is 2.20 bits per heavy atom. The number of nitrogens with zero attached hydrogens (tertiary/aromatic N) is 1. The zero-order valence-corrected chi connectivity index (χ0v) is 17.2. The number of hydrazone groups is 1. The van der Waals surface area contributed by atoms with Crippen LogP contribution in [-0.2, 0) is 9.59 Å². The van der Waals surface area contributed by atoms with E-state index in [0.717, 1.165) is 0 Å². The zero-order chi connectivity index (χ0) is 22.1. The lowest BCUT2D eigenvalue weighted by Gasteiger charge is -2.11. The van der Waals surface area contributed by atoms with Crippen molar-refractivity contribution in [1.29, 1.82) is 0 Å². The fourth-order valence-corrected chi connectivity index (χ4v) is 2.55. The highest BCUT2D eigenvalue weighted by Gasteiger charge is 2.14. The number of hydrogen-bond donors (Lipinski definition) is 3. The first-order chi connectivity index (χ1) is 14.3. The van der Waals surface area contributed by atoms with Crippen LogP contribution in [0.5, 0.6) is 11.5 Å². The molecule has 0 aromatic heterocycles. The number of carbonyl (C=O) groups excluding carboxylic acids is 3. The third-order valence-electron chi connectivity index (χ3n) is 3.93. The van der Waals surface area contributed by atoms with E-state index >= 15 is 0 Å². The second kappa shape index (κ2) is 10.6. The van der Waals surface area contributed by atoms with Gasteiger partial charge in [-0.25, -0.2) is 5.43 Å². The number of carbonyl (C=O) groups is 3. The van der Waals surface area contributed by atoms with Gasteiger partial charge >= 0.3 is 0 Å². The molecule has 30 heavy (non-hydrogen) atoms. The lowest BCUT2D eigenvalue weighted by molar-refractivity contribution is -0.115. The van der Waals surface area contributed by atoms with Gasteiger partial charge in [-0.2, -0.15) is 5.10 Å². The molecule has 0 fully saturated rings. The molecule has 0 atom stereocenters. The maximum atomic E-state index is 12.4. The van der Waals surface area contributed by atoms with E-state index in [0.29, 0.717) is 28.6 Å². The summed E-state index contributed by atoms with van der Waals surface area (Å²) < 4.78 is 10.3. The van der Waals surface area contributed by atoms with Crippen molar-refractivity contribution in [2.24, 2.45) is 5.10 Å². The number of nitrogens with one attached hydrogen (secondary N) is 3. The van der Waals surface area contributed by atoms with Crippen molar-refractivity contribution in [2.75, 3.05) is 24.9 Å². The Morgan fingerprint density at radius 1 is 0.933 bits per heavy atom. The van der Waals surface area contributed by atoms with Crippen molar-refractivity contribution in [3.63, 3.8) is 0 Å². The number of rotatable bonds is 8. The number of amides is 3. The molecule has 2 aromatic carbocycles. The van der Waals surface area contributed by atoms with E-state index in [-0.39, 0.29) is 23.8 Å². The Hall–Kier alpha value is -3.88. The van der Waals surface area contributed by atoms with Gasteiger partial charge in [0.2, 0.25) is 11.8 Å². The fraction of sp³-hybridized carbons (Fsp3) is 0.238. The minimum atomic E-state index is -0.481. The summed E-state index contributed by atoms with van der Waals surface area (Å²) in [7, 11) is 2.96. The fourth-order valence-electron chi connectivity index (χ4n) is 2.55. The molecule has 9 nitrogen and oxygen atoms in total. The molecule has 2 rings (SSSR count). The summed E-state index contributed by atoms with van der Waals surface area (Å²) in [5.74, 6) is -0.173. The smallest absolute Gasteiger partial charge is 0.275 e. The van der Waals surface area contributed by atoms with Crippen LogP contribution >= 0.6 is 0 Å². The first-order valence-corrected chi connectivity index (χ1v) is 9.06. The summed E-state index contributed by atoms with van der Waals surface area (Å²) >= 11 is 0. The van der Waals surface area contributed by atoms with Crippen LogP contribution in [0.15, 0.2) is 47.6 Å². The van der Waals surface area contributed by atoms with E-state index in [2.05, 4.69) is 21.2 Å². The van der Waals surface area contributed by atoms with E-state index in [1.807, 2.05) is 0 Å². The highest BCUT2D eigenvalue weighted by Crippen LogP contribution is 2.24. The standard InChI is InChI=1S/C21H24N4O5/c1-13(11-20(27)23-18-8-6-5-7-17(18)22-14(2)26)24-25-21(28)16-10-9-15(29-3)12-19(16)30-4/h5-10,12H,11H2,1-4H3,(H,22,26)(H,23,27)(H,25,28). The Morgan fingerprint density at radius 2 is 1.60 bits per heavy atom. The topological polar surface area (TPSA) is 118 Å². The number of hydrogen-bond acceptors (Lipinski definition) is 6. The van der Waals surface area contributed by atoms with Gasteiger partial charge in [-0.1, -0.05) is 12.1 Å². The molecule has 0 unspecified atom stereocenters. The summed E-state index contributed by atoms with van der Waals surface area (Å²) in [6.45, 7) is 3.00. The Bertz CT molecular complexity index is 972. The maximum Gasteiger partial charge on any atom is 0.275 e. The SMILES string of the molecule is COc1ccc(C(=O)NN=C(C)CC(=O)Nc2ccccc2NC(C)=O)c(OC)c1. The van der Waals surface area contributed by atoms with Crippen molar-refractivity contribution < 1.29 is 23.9 Å². The summed E-state index contributed by atoms with van der Waals surface area (Å²) in [5, 5.41) is 9.33. The van der Waals surface area contributed by atoms with Gasteiger partial charge in [-0.05, 0) is 31.2 Å². The molecule has 0 aliphatic heterocycles. The lowest BCUT2D eigenvalue weighted by atomic mass is 10.2. The second-order valence-electron chi connectivity index (χ2n) is 6.31. The van der Waals surface area contributed by atoms with E-state index in [1.54, 1.807) is 49.4 Å². The number of benzene rings is 2. The van der Waals surface area contributed by atoms with Gasteiger partial charge in [0, 0.05) is 18.7 Å². The van der Waals surface area contributed by atoms with Gasteiger partial charge in [0.05, 0.1) is 37.6 Å². The first kappa shape index (κ1) is 22.4. The van der Waals surface area contributed by atoms with Gasteiger partial charge in [-0.15, -0.1) is 0 Å². The van der Waals surface area contributed by atoms with Crippen molar-refractivity contribution in [3.05, 3.63) is 48.0 Å². The van der Waals surface area contributed by atoms with Crippen molar-refractivity contribution >= 4 is 34.8 Å². The Kier molecular flexibility index (Phi) is 7.92. The summed E-state index contributed by atoms with van der Waals surface area (Å²) in [6.07, 6.45) is -0.0472. The van der Waals surface area contributed by atoms with Crippen molar-refractivity contribution in [3.8, 4) is 11.5 Å². The molecule has 0 saturated carbocycles. The van der Waals surface area contributed by atoms with Crippen LogP contribution in [0.1, 0.15) is 30.6 Å². The predicted molar refractivity (Wildman–Crippen MR) is 114 cm³/mol. The maximum absolute atomic E-state index is 12.4. The number of ether oxygens (including phenoxy) is 2. The Labute approximate surface area is 174 Å². The number of methoxy groups -OCH3 is 2. The van der Waals surface area contributed by atoms with Gasteiger partial charge in [0.15, 0.2) is 0 Å². The third-order valence-corrected chi connectivity index (χ3v) is 3.93. The van der Waals surface area contributed by atoms with E-state index in [4.69, 9.17) is 9.47 Å². The second-order valence-corrected chi connectivity index (χ2v) is 6.31. The van der Waals surface area contributed by atoms with Crippen LogP contribution < -0.4 is 25.5 Å². The molecule has 158 valence electrons. The van der Waals surface area contributed by atoms with E-state index < -0.39 is 5.91 Å². The molecule has 0 heterocycles. The molecule has 3 N–H and O–H groups in total. The van der Waals surface area contributed by atoms with Crippen LogP contribution in [0.25, 0.3) is 0 Å². The van der Waals surface area contributed by atoms with Crippen LogP contribution in [-0.4, -0.2) is 37.7 Å². The lowest BCUT2D eigenvalue weighted by Crippen LogP contribution is -2.22. The van der Waals surface area contributed by atoms with Gasteiger partial charge in [0.1, 0.15) is 11.5 Å². The third kappa shape index (κ3) is 6.33. The monoisotopic (exact) mass is 412 g/mol. The highest BCUT2D eigenvalue weighted by molar-refractivity contribution is 6.08. The minimum Gasteiger partial charge on any atom is -0.497 e. The van der Waals surface area contributed by atoms with Crippen LogP contribution in [0, 0.1) is 0 Å². The summed E-state index contributed by atoms with van der Waals surface area (Å²) in [6, 6.07) is 11.6. The predicted octanol–water partition coefficient (Wildman–Crippen LogP) is 2.80. The summed E-state index contributed by atoms with van der Waals surface area (Å²) in [5.41, 5.74) is 4.05. The molecular weight excluding hydrogens is 388 g/mol. The summed E-state index contributed by atoms with van der Waals surface area (Å²) in [4.78, 5) is 35.9. The van der Waals surface area contributed by atoms with Crippen LogP contribution in [0.3, 0.4) is 0 Å². The molecule has 0 spiro atoms. The molecule has 2 aromatic rings. The number of anilines is 2. The van der Waals surface area contributed by atoms with Gasteiger partial charge in [0.25, 0.3) is 5.91 Å². The first-order valence-electron chi connectivity index (χ1n) is 9.06. The molecule has 3 amide bonds. The van der Waals surface area contributed by atoms with Crippen LogP contribution in [0.4, 0.5) is 11.4 Å². The van der Waals surface area contributed by atoms with E-state index in [9.17, 15) is 14.4 Å². The molecule has 0 bridgehead atoms. The molecule has 0 aliphatic rings. The minimum absolute atomic E-state index is 0.0472. The largest absolute Gasteiger partial charge is 0.497 e. The van der Waals surface area contributed by atoms with Gasteiger partial charge in [-0.3, -0.25) is 14.4 Å². The highest BCUT2D eigenvalue weighted by atomic mass is 16.5. The van der Waals surface area contributed by atoms with Gasteiger partial charge < -0.3 is 20.1 Å². The average molecular weight is 412 g/mol. The zero-order valence-electron chi connectivity index (χ0n) is 17.2. The quantitative estimate of drug-likeness (QED) is 0.455. The molecular formula is C21H24N4O5. The normalized spacial score (nSPS) is 10.7. The van der Waals surface area contributed by atoms with E-state index in [1.165, 1.54) is 21.1 Å². The molecule has 0 radical (unpaired) electrons. The Balaban J connectivity index is 1.99. The number of para-hydroxylation sites is 2. The average Bonchev–Trinajstić information content (AvgIpc) is 2.72.